The summed E-state index contributed by atoms with van der Waals surface area (Å²) >= 11 is 0. The van der Waals surface area contributed by atoms with E-state index in [0.717, 1.165) is 18.8 Å². The van der Waals surface area contributed by atoms with Crippen molar-refractivity contribution in [2.24, 2.45) is 0 Å². The minimum absolute atomic E-state index is 0.0558. The predicted octanol–water partition coefficient (Wildman–Crippen LogP) is 2.77. The molecule has 4 heteroatoms. The molecule has 1 aromatic rings. The van der Waals surface area contributed by atoms with E-state index in [1.165, 1.54) is 38.6 Å². The van der Waals surface area contributed by atoms with E-state index in [0.29, 0.717) is 11.7 Å². The molecule has 0 spiro atoms. The van der Waals surface area contributed by atoms with Crippen LogP contribution in [0.3, 0.4) is 0 Å². The van der Waals surface area contributed by atoms with Gasteiger partial charge in [0.25, 0.3) is 5.91 Å². The first-order valence-corrected chi connectivity index (χ1v) is 8.16. The van der Waals surface area contributed by atoms with Gasteiger partial charge in [0.05, 0.1) is 0 Å². The maximum Gasteiger partial charge on any atom is 0.269 e. The summed E-state index contributed by atoms with van der Waals surface area (Å²) in [5.41, 5.74) is 1.40. The van der Waals surface area contributed by atoms with Crippen molar-refractivity contribution in [3.05, 3.63) is 29.6 Å². The highest BCUT2D eigenvalue weighted by atomic mass is 16.1. The average molecular weight is 289 g/mol. The second-order valence-electron chi connectivity index (χ2n) is 5.91. The Balaban J connectivity index is 1.86. The maximum absolute atomic E-state index is 12.2. The van der Waals surface area contributed by atoms with Gasteiger partial charge in [-0.3, -0.25) is 9.69 Å². The van der Waals surface area contributed by atoms with Gasteiger partial charge in [-0.05, 0) is 51.4 Å². The number of unbranched alkanes of at least 4 members (excludes halogenated alkanes) is 1. The molecule has 0 aromatic carbocycles. The Bertz CT molecular complexity index is 461. The predicted molar refractivity (Wildman–Crippen MR) is 85.4 cm³/mol. The molecule has 1 aliphatic rings. The second-order valence-corrected chi connectivity index (χ2v) is 5.91. The fourth-order valence-electron chi connectivity index (χ4n) is 2.92. The molecule has 21 heavy (non-hydrogen) atoms. The molecule has 116 valence electrons. The van der Waals surface area contributed by atoms with Gasteiger partial charge in [0.1, 0.15) is 5.69 Å². The topological polar surface area (TPSA) is 45.2 Å². The Kier molecular flexibility index (Phi) is 6.18. The quantitative estimate of drug-likeness (QED) is 0.876. The number of carbonyl (C=O) groups excluding carboxylic acids is 1. The lowest BCUT2D eigenvalue weighted by Crippen LogP contribution is -2.47. The molecule has 0 aliphatic carbocycles. The average Bonchev–Trinajstić information content (AvgIpc) is 2.51. The van der Waals surface area contributed by atoms with Crippen LogP contribution in [0.5, 0.6) is 0 Å². The van der Waals surface area contributed by atoms with E-state index in [9.17, 15) is 4.79 Å². The van der Waals surface area contributed by atoms with Crippen LogP contribution in [0.2, 0.25) is 0 Å². The van der Waals surface area contributed by atoms with Gasteiger partial charge in [-0.15, -0.1) is 0 Å². The lowest BCUT2D eigenvalue weighted by atomic mass is 10.0. The van der Waals surface area contributed by atoms with Crippen molar-refractivity contribution in [2.75, 3.05) is 19.6 Å². The number of aromatic nitrogens is 1. The Morgan fingerprint density at radius 1 is 1.43 bits per heavy atom. The number of rotatable bonds is 6. The van der Waals surface area contributed by atoms with Gasteiger partial charge in [0.15, 0.2) is 0 Å². The number of carbonyl (C=O) groups is 1. The molecule has 1 unspecified atom stereocenters. The minimum atomic E-state index is -0.0558. The Hall–Kier alpha value is -1.42. The summed E-state index contributed by atoms with van der Waals surface area (Å²) in [5.74, 6) is -0.0558. The van der Waals surface area contributed by atoms with E-state index in [4.69, 9.17) is 0 Å². The molecular weight excluding hydrogens is 262 g/mol. The molecule has 1 aromatic heterocycles. The van der Waals surface area contributed by atoms with Gasteiger partial charge in [0.2, 0.25) is 0 Å². The molecule has 0 saturated carbocycles. The molecule has 1 atom stereocenters. The molecular formula is C17H27N3O. The minimum Gasteiger partial charge on any atom is -0.349 e. The van der Waals surface area contributed by atoms with Crippen LogP contribution in [0.4, 0.5) is 0 Å². The number of nitrogens with one attached hydrogen (secondary N) is 1. The first kappa shape index (κ1) is 16.0. The monoisotopic (exact) mass is 289 g/mol. The van der Waals surface area contributed by atoms with Crippen LogP contribution in [-0.4, -0.2) is 41.5 Å². The highest BCUT2D eigenvalue weighted by Gasteiger charge is 2.22. The summed E-state index contributed by atoms with van der Waals surface area (Å²) in [5, 5.41) is 3.06. The van der Waals surface area contributed by atoms with E-state index < -0.39 is 0 Å². The van der Waals surface area contributed by atoms with Gasteiger partial charge < -0.3 is 5.32 Å². The number of piperidine rings is 1. The van der Waals surface area contributed by atoms with Gasteiger partial charge in [-0.25, -0.2) is 4.98 Å². The number of pyridine rings is 1. The van der Waals surface area contributed by atoms with Crippen molar-refractivity contribution in [3.8, 4) is 0 Å². The third-order valence-electron chi connectivity index (χ3n) is 4.17. The standard InChI is InChI=1S/C17H27N3O/c1-3-4-11-20-12-6-5-9-15(20)13-18-17(21)16-10-7-8-14(2)19-16/h7-8,10,15H,3-6,9,11-13H2,1-2H3,(H,18,21). The molecule has 0 radical (unpaired) electrons. The van der Waals surface area contributed by atoms with Gasteiger partial charge in [0, 0.05) is 18.3 Å². The van der Waals surface area contributed by atoms with Crippen LogP contribution in [0.25, 0.3) is 0 Å². The molecule has 2 heterocycles. The summed E-state index contributed by atoms with van der Waals surface area (Å²) in [7, 11) is 0. The third kappa shape index (κ3) is 4.81. The number of amides is 1. The maximum atomic E-state index is 12.2. The molecule has 1 fully saturated rings. The largest absolute Gasteiger partial charge is 0.349 e. The van der Waals surface area contributed by atoms with Gasteiger partial charge in [-0.1, -0.05) is 25.8 Å². The van der Waals surface area contributed by atoms with Crippen molar-refractivity contribution in [3.63, 3.8) is 0 Å². The lowest BCUT2D eigenvalue weighted by Gasteiger charge is -2.35. The van der Waals surface area contributed by atoms with Crippen LogP contribution < -0.4 is 5.32 Å². The van der Waals surface area contributed by atoms with E-state index >= 15 is 0 Å². The van der Waals surface area contributed by atoms with Crippen LogP contribution >= 0.6 is 0 Å². The smallest absolute Gasteiger partial charge is 0.269 e. The van der Waals surface area contributed by atoms with Gasteiger partial charge in [-0.2, -0.15) is 0 Å². The third-order valence-corrected chi connectivity index (χ3v) is 4.17. The van der Waals surface area contributed by atoms with Crippen molar-refractivity contribution in [2.45, 2.75) is 52.0 Å². The number of aryl methyl sites for hydroxylation is 1. The van der Waals surface area contributed by atoms with Crippen molar-refractivity contribution in [1.82, 2.24) is 15.2 Å². The number of nitrogens with zero attached hydrogens (tertiary/aromatic N) is 2. The zero-order valence-electron chi connectivity index (χ0n) is 13.3. The number of hydrogen-bond acceptors (Lipinski definition) is 3. The number of hydrogen-bond donors (Lipinski definition) is 1. The molecule has 1 N–H and O–H groups in total. The van der Waals surface area contributed by atoms with Crippen molar-refractivity contribution >= 4 is 5.91 Å². The summed E-state index contributed by atoms with van der Waals surface area (Å²) in [4.78, 5) is 19.0. The summed E-state index contributed by atoms with van der Waals surface area (Å²) in [6, 6.07) is 6.05. The first-order chi connectivity index (χ1) is 10.2. The van der Waals surface area contributed by atoms with E-state index in [1.807, 2.05) is 19.1 Å². The highest BCUT2D eigenvalue weighted by molar-refractivity contribution is 5.92. The first-order valence-electron chi connectivity index (χ1n) is 8.16. The fraction of sp³-hybridized carbons (Fsp3) is 0.647. The van der Waals surface area contributed by atoms with E-state index in [2.05, 4.69) is 22.1 Å². The summed E-state index contributed by atoms with van der Waals surface area (Å²) in [6.45, 7) is 7.19. The van der Waals surface area contributed by atoms with Crippen LogP contribution in [0, 0.1) is 6.92 Å². The van der Waals surface area contributed by atoms with Crippen molar-refractivity contribution < 1.29 is 4.79 Å². The fourth-order valence-corrected chi connectivity index (χ4v) is 2.92. The summed E-state index contributed by atoms with van der Waals surface area (Å²) in [6.07, 6.45) is 6.21. The van der Waals surface area contributed by atoms with Crippen LogP contribution in [0.15, 0.2) is 18.2 Å². The van der Waals surface area contributed by atoms with Gasteiger partial charge >= 0.3 is 0 Å². The van der Waals surface area contributed by atoms with Crippen molar-refractivity contribution in [1.29, 1.82) is 0 Å². The second kappa shape index (κ2) is 8.13. The molecule has 4 nitrogen and oxygen atoms in total. The Labute approximate surface area is 127 Å². The molecule has 2 rings (SSSR count). The SMILES string of the molecule is CCCCN1CCCCC1CNC(=O)c1cccc(C)n1. The summed E-state index contributed by atoms with van der Waals surface area (Å²) < 4.78 is 0. The zero-order valence-corrected chi connectivity index (χ0v) is 13.3. The molecule has 0 bridgehead atoms. The van der Waals surface area contributed by atoms with Crippen LogP contribution in [-0.2, 0) is 0 Å². The van der Waals surface area contributed by atoms with E-state index in [1.54, 1.807) is 6.07 Å². The highest BCUT2D eigenvalue weighted by Crippen LogP contribution is 2.17. The normalized spacial score (nSPS) is 19.4. The Morgan fingerprint density at radius 2 is 2.29 bits per heavy atom. The van der Waals surface area contributed by atoms with Crippen LogP contribution in [0.1, 0.15) is 55.2 Å². The molecule has 1 saturated heterocycles. The lowest BCUT2D eigenvalue weighted by molar-refractivity contribution is 0.0907. The van der Waals surface area contributed by atoms with E-state index in [-0.39, 0.29) is 5.91 Å². The Morgan fingerprint density at radius 3 is 3.05 bits per heavy atom. The zero-order chi connectivity index (χ0) is 15.1. The number of likely N-dealkylation sites (tertiary alicyclic amines) is 1. The molecule has 1 aliphatic heterocycles. The molecule has 1 amide bonds.